The van der Waals surface area contributed by atoms with Gasteiger partial charge in [-0.25, -0.2) is 0 Å². The maximum absolute atomic E-state index is 11.8. The number of nitrogens with zero attached hydrogens (tertiary/aromatic N) is 1. The highest BCUT2D eigenvalue weighted by molar-refractivity contribution is 6.09. The fourth-order valence-corrected chi connectivity index (χ4v) is 1.37. The molecule has 6 nitrogen and oxygen atoms in total. The Morgan fingerprint density at radius 1 is 1.25 bits per heavy atom. The van der Waals surface area contributed by atoms with Crippen molar-refractivity contribution in [2.45, 2.75) is 20.1 Å². The minimum absolute atomic E-state index is 0.0731. The van der Waals surface area contributed by atoms with Crippen molar-refractivity contribution in [2.75, 3.05) is 13.2 Å². The zero-order valence-electron chi connectivity index (χ0n) is 11.3. The van der Waals surface area contributed by atoms with Crippen LogP contribution < -0.4 is 0 Å². The number of carbonyl (C=O) groups excluding carboxylic acids is 1. The third-order valence-electron chi connectivity index (χ3n) is 2.28. The number of carbonyl (C=O) groups is 1. The van der Waals surface area contributed by atoms with Crippen LogP contribution in [0.4, 0.5) is 5.69 Å². The highest BCUT2D eigenvalue weighted by Gasteiger charge is 2.08. The molecular weight excluding hydrogens is 262 g/mol. The van der Waals surface area contributed by atoms with Crippen molar-refractivity contribution in [1.82, 2.24) is 0 Å². The van der Waals surface area contributed by atoms with Crippen LogP contribution in [0.2, 0.25) is 0 Å². The molecule has 0 N–H and O–H groups in total. The van der Waals surface area contributed by atoms with Crippen LogP contribution in [0.1, 0.15) is 24.2 Å². The van der Waals surface area contributed by atoms with Gasteiger partial charge in [-0.1, -0.05) is 0 Å². The van der Waals surface area contributed by atoms with Gasteiger partial charge in [0.25, 0.3) is 5.69 Å². The summed E-state index contributed by atoms with van der Waals surface area (Å²) < 4.78 is 10.4. The van der Waals surface area contributed by atoms with Gasteiger partial charge in [-0.05, 0) is 37.8 Å². The van der Waals surface area contributed by atoms with E-state index in [9.17, 15) is 14.9 Å². The van der Waals surface area contributed by atoms with Crippen LogP contribution >= 0.6 is 0 Å². The molecule has 0 atom stereocenters. The summed E-state index contributed by atoms with van der Waals surface area (Å²) in [6.07, 6.45) is -0.744. The molecule has 0 heterocycles. The summed E-state index contributed by atoms with van der Waals surface area (Å²) in [4.78, 5) is 21.8. The SMILES string of the molecule is CCOC(C#CC(=O)c1ccc([N+](=O)[O-])cc1)OCC. The molecule has 0 bridgehead atoms. The molecule has 0 aliphatic heterocycles. The summed E-state index contributed by atoms with van der Waals surface area (Å²) >= 11 is 0. The first-order chi connectivity index (χ1) is 9.58. The molecule has 20 heavy (non-hydrogen) atoms. The van der Waals surface area contributed by atoms with Crippen LogP contribution in [0.15, 0.2) is 24.3 Å². The fourth-order valence-electron chi connectivity index (χ4n) is 1.37. The Kier molecular flexibility index (Phi) is 6.37. The molecule has 1 rings (SSSR count). The first-order valence-electron chi connectivity index (χ1n) is 6.12. The molecule has 0 radical (unpaired) electrons. The number of Topliss-reactive ketones (excluding diaryl/α,β-unsaturated/α-hetero) is 1. The Labute approximate surface area is 116 Å². The Morgan fingerprint density at radius 3 is 2.25 bits per heavy atom. The molecule has 1 aromatic carbocycles. The summed E-state index contributed by atoms with van der Waals surface area (Å²) in [6.45, 7) is 4.44. The van der Waals surface area contributed by atoms with Crippen LogP contribution in [0.3, 0.4) is 0 Å². The summed E-state index contributed by atoms with van der Waals surface area (Å²) in [5, 5.41) is 10.5. The second kappa shape index (κ2) is 8.04. The van der Waals surface area contributed by atoms with E-state index in [1.54, 1.807) is 13.8 Å². The lowest BCUT2D eigenvalue weighted by atomic mass is 10.1. The molecule has 0 aliphatic rings. The van der Waals surface area contributed by atoms with Crippen LogP contribution in [-0.2, 0) is 9.47 Å². The Bertz CT molecular complexity index is 521. The fraction of sp³-hybridized carbons (Fsp3) is 0.357. The van der Waals surface area contributed by atoms with Gasteiger partial charge in [-0.3, -0.25) is 14.9 Å². The monoisotopic (exact) mass is 277 g/mol. The normalized spacial score (nSPS) is 9.95. The third kappa shape index (κ3) is 4.80. The van der Waals surface area contributed by atoms with E-state index in [0.717, 1.165) is 0 Å². The van der Waals surface area contributed by atoms with Gasteiger partial charge < -0.3 is 9.47 Å². The molecular formula is C14H15NO5. The largest absolute Gasteiger partial charge is 0.342 e. The van der Waals surface area contributed by atoms with Gasteiger partial charge in [0, 0.05) is 30.9 Å². The molecule has 1 aromatic rings. The van der Waals surface area contributed by atoms with E-state index in [0.29, 0.717) is 13.2 Å². The molecule has 0 spiro atoms. The number of ether oxygens (including phenoxy) is 2. The summed E-state index contributed by atoms with van der Waals surface area (Å²) in [5.41, 5.74) is 0.214. The van der Waals surface area contributed by atoms with E-state index in [2.05, 4.69) is 11.8 Å². The topological polar surface area (TPSA) is 78.7 Å². The van der Waals surface area contributed by atoms with E-state index in [1.165, 1.54) is 24.3 Å². The van der Waals surface area contributed by atoms with Crippen molar-refractivity contribution in [3.05, 3.63) is 39.9 Å². The van der Waals surface area contributed by atoms with Crippen LogP contribution in [0, 0.1) is 22.0 Å². The number of nitro benzene ring substituents is 1. The number of benzene rings is 1. The molecule has 0 aliphatic carbocycles. The van der Waals surface area contributed by atoms with Crippen LogP contribution in [-0.4, -0.2) is 30.2 Å². The number of ketones is 1. The highest BCUT2D eigenvalue weighted by Crippen LogP contribution is 2.12. The van der Waals surface area contributed by atoms with Crippen molar-refractivity contribution in [1.29, 1.82) is 0 Å². The summed E-state index contributed by atoms with van der Waals surface area (Å²) in [5.74, 6) is 4.55. The molecule has 0 saturated carbocycles. The van der Waals surface area contributed by atoms with E-state index in [1.807, 2.05) is 0 Å². The van der Waals surface area contributed by atoms with Crippen molar-refractivity contribution >= 4 is 11.5 Å². The van der Waals surface area contributed by atoms with Gasteiger partial charge >= 0.3 is 0 Å². The molecule has 6 heteroatoms. The lowest BCUT2D eigenvalue weighted by molar-refractivity contribution is -0.384. The molecule has 106 valence electrons. The van der Waals surface area contributed by atoms with E-state index in [4.69, 9.17) is 9.47 Å². The maximum atomic E-state index is 11.8. The molecule has 0 saturated heterocycles. The number of non-ortho nitro benzene ring substituents is 1. The smallest absolute Gasteiger partial charge is 0.269 e. The molecule has 0 fully saturated rings. The third-order valence-corrected chi connectivity index (χ3v) is 2.28. The average Bonchev–Trinajstić information content (AvgIpc) is 2.45. The quantitative estimate of drug-likeness (QED) is 0.199. The lowest BCUT2D eigenvalue weighted by Crippen LogP contribution is -2.15. The predicted octanol–water partition coefficient (Wildman–Crippen LogP) is 2.18. The lowest BCUT2D eigenvalue weighted by Gasteiger charge is -2.09. The second-order valence-corrected chi connectivity index (χ2v) is 3.65. The van der Waals surface area contributed by atoms with E-state index in [-0.39, 0.29) is 11.3 Å². The summed E-state index contributed by atoms with van der Waals surface area (Å²) in [6, 6.07) is 5.26. The van der Waals surface area contributed by atoms with Crippen molar-refractivity contribution < 1.29 is 19.2 Å². The zero-order valence-corrected chi connectivity index (χ0v) is 11.3. The first-order valence-corrected chi connectivity index (χ1v) is 6.12. The van der Waals surface area contributed by atoms with Gasteiger partial charge in [0.05, 0.1) is 4.92 Å². The van der Waals surface area contributed by atoms with Gasteiger partial charge in [0.1, 0.15) is 0 Å². The average molecular weight is 277 g/mol. The standard InChI is InChI=1S/C14H15NO5/c1-3-19-14(20-4-2)10-9-13(16)11-5-7-12(8-6-11)15(17)18/h5-8,14H,3-4H2,1-2H3. The van der Waals surface area contributed by atoms with Gasteiger partial charge in [-0.15, -0.1) is 0 Å². The minimum Gasteiger partial charge on any atom is -0.342 e. The minimum atomic E-state index is -0.744. The Hall–Kier alpha value is -2.23. The number of hydrogen-bond donors (Lipinski definition) is 0. The number of nitro groups is 1. The van der Waals surface area contributed by atoms with Gasteiger partial charge in [0.2, 0.25) is 12.1 Å². The summed E-state index contributed by atoms with van der Waals surface area (Å²) in [7, 11) is 0. The molecule has 0 amide bonds. The highest BCUT2D eigenvalue weighted by atomic mass is 16.7. The van der Waals surface area contributed by atoms with Crippen molar-refractivity contribution in [3.63, 3.8) is 0 Å². The second-order valence-electron chi connectivity index (χ2n) is 3.65. The van der Waals surface area contributed by atoms with Crippen molar-refractivity contribution in [3.8, 4) is 11.8 Å². The molecule has 0 unspecified atom stereocenters. The van der Waals surface area contributed by atoms with Gasteiger partial charge in [-0.2, -0.15) is 0 Å². The van der Waals surface area contributed by atoms with E-state index < -0.39 is 17.0 Å². The molecule has 0 aromatic heterocycles. The van der Waals surface area contributed by atoms with Crippen LogP contribution in [0.5, 0.6) is 0 Å². The van der Waals surface area contributed by atoms with Crippen molar-refractivity contribution in [2.24, 2.45) is 0 Å². The van der Waals surface area contributed by atoms with Gasteiger partial charge in [0.15, 0.2) is 0 Å². The zero-order chi connectivity index (χ0) is 15.0. The number of hydrogen-bond acceptors (Lipinski definition) is 5. The van der Waals surface area contributed by atoms with E-state index >= 15 is 0 Å². The Morgan fingerprint density at radius 2 is 1.80 bits per heavy atom. The maximum Gasteiger partial charge on any atom is 0.269 e. The number of rotatable bonds is 6. The van der Waals surface area contributed by atoms with Crippen LogP contribution in [0.25, 0.3) is 0 Å². The predicted molar refractivity (Wildman–Crippen MR) is 72.2 cm³/mol. The Balaban J connectivity index is 2.77. The first kappa shape index (κ1) is 15.8.